The monoisotopic (exact) mass is 578 g/mol. The predicted molar refractivity (Wildman–Crippen MR) is 153 cm³/mol. The summed E-state index contributed by atoms with van der Waals surface area (Å²) in [5, 5.41) is 8.84. The van der Waals surface area contributed by atoms with Crippen molar-refractivity contribution in [2.24, 2.45) is 5.92 Å². The molecule has 0 bridgehead atoms. The topological polar surface area (TPSA) is 91.9 Å². The number of carbonyl (C=O) groups is 2. The molecule has 3 N–H and O–H groups in total. The number of halogens is 3. The zero-order chi connectivity index (χ0) is 30.0. The highest BCUT2D eigenvalue weighted by Gasteiger charge is 2.43. The van der Waals surface area contributed by atoms with Crippen molar-refractivity contribution in [1.29, 1.82) is 0 Å². The van der Waals surface area contributed by atoms with Crippen LogP contribution in [0.15, 0.2) is 54.6 Å². The lowest BCUT2D eigenvalue weighted by Crippen LogP contribution is -2.52. The Hall–Kier alpha value is -3.31. The molecule has 41 heavy (non-hydrogen) atoms. The molecule has 0 spiro atoms. The van der Waals surface area contributed by atoms with E-state index in [9.17, 15) is 22.8 Å². The van der Waals surface area contributed by atoms with Gasteiger partial charge in [0.1, 0.15) is 6.04 Å². The molecule has 4 atom stereocenters. The summed E-state index contributed by atoms with van der Waals surface area (Å²) in [6.07, 6.45) is -4.34. The smallest absolute Gasteiger partial charge is 0.407 e. The fourth-order valence-corrected chi connectivity index (χ4v) is 4.74. The molecule has 2 aromatic carbocycles. The number of nitrogens with one attached hydrogen (secondary N) is 3. The minimum Gasteiger partial charge on any atom is -0.467 e. The van der Waals surface area contributed by atoms with Crippen molar-refractivity contribution < 1.29 is 32.2 Å². The fraction of sp³-hybridized carbons (Fsp3) is 0.533. The third-order valence-corrected chi connectivity index (χ3v) is 7.01. The van der Waals surface area contributed by atoms with Crippen LogP contribution in [0.2, 0.25) is 0 Å². The summed E-state index contributed by atoms with van der Waals surface area (Å²) in [4.78, 5) is 27.1. The largest absolute Gasteiger partial charge is 0.467 e. The maximum Gasteiger partial charge on any atom is 0.407 e. The molecule has 1 aliphatic heterocycles. The molecule has 8 nitrogen and oxygen atoms in total. The number of methoxy groups -OCH3 is 1. The minimum atomic E-state index is -4.56. The molecular formula is C30H41F3N4O4. The van der Waals surface area contributed by atoms with E-state index < -0.39 is 36.2 Å². The van der Waals surface area contributed by atoms with Gasteiger partial charge < -0.3 is 25.0 Å². The van der Waals surface area contributed by atoms with Gasteiger partial charge in [0, 0.05) is 30.5 Å². The van der Waals surface area contributed by atoms with Crippen LogP contribution in [0.3, 0.4) is 0 Å². The fourth-order valence-electron chi connectivity index (χ4n) is 4.74. The zero-order valence-corrected chi connectivity index (χ0v) is 24.0. The van der Waals surface area contributed by atoms with Crippen molar-refractivity contribution in [3.05, 3.63) is 60.2 Å². The number of nitrogens with zero attached hydrogens (tertiary/aromatic N) is 1. The Labute approximate surface area is 240 Å². The third kappa shape index (κ3) is 9.64. The van der Waals surface area contributed by atoms with Gasteiger partial charge in [-0.2, -0.15) is 13.2 Å². The number of amides is 1. The normalized spacial score (nSPS) is 18.0. The number of ether oxygens (including phenoxy) is 2. The number of hydrogen-bond acceptors (Lipinski definition) is 7. The summed E-state index contributed by atoms with van der Waals surface area (Å²) in [6.45, 7) is 7.53. The standard InChI is InChI=1S/C30H41F3N4O4/c1-5-22(18-34-23-11-13-24(14-12-23)37-15-16-41-26(19-37)29(39)40-4)35-28(38)25(17-20(2)3)36-27(30(31,32)33)21-9-7-6-8-10-21/h6-14,20,22,25-27,34,36H,5,15-19H2,1-4H3,(H,35,38)/t22-,25-,26+,27-/m0/s1. The van der Waals surface area contributed by atoms with Crippen molar-refractivity contribution in [2.75, 3.05) is 43.6 Å². The van der Waals surface area contributed by atoms with Crippen LogP contribution in [-0.4, -0.2) is 69.6 Å². The number of rotatable bonds is 13. The minimum absolute atomic E-state index is 0.00832. The highest BCUT2D eigenvalue weighted by atomic mass is 19.4. The lowest BCUT2D eigenvalue weighted by Gasteiger charge is -2.33. The molecule has 0 unspecified atom stereocenters. The van der Waals surface area contributed by atoms with E-state index in [0.29, 0.717) is 32.7 Å². The summed E-state index contributed by atoms with van der Waals surface area (Å²) >= 11 is 0. The van der Waals surface area contributed by atoms with E-state index in [1.165, 1.54) is 19.2 Å². The van der Waals surface area contributed by atoms with Crippen LogP contribution >= 0.6 is 0 Å². The van der Waals surface area contributed by atoms with Gasteiger partial charge in [-0.3, -0.25) is 10.1 Å². The molecule has 0 aromatic heterocycles. The first-order valence-electron chi connectivity index (χ1n) is 14.0. The second-order valence-electron chi connectivity index (χ2n) is 10.6. The Morgan fingerprint density at radius 1 is 1.10 bits per heavy atom. The first-order chi connectivity index (χ1) is 19.5. The Morgan fingerprint density at radius 2 is 1.78 bits per heavy atom. The van der Waals surface area contributed by atoms with Crippen molar-refractivity contribution in [2.45, 2.75) is 64.0 Å². The van der Waals surface area contributed by atoms with Gasteiger partial charge >= 0.3 is 12.1 Å². The van der Waals surface area contributed by atoms with Crippen molar-refractivity contribution in [3.8, 4) is 0 Å². The van der Waals surface area contributed by atoms with Gasteiger partial charge in [-0.1, -0.05) is 51.1 Å². The average Bonchev–Trinajstić information content (AvgIpc) is 2.96. The molecule has 0 saturated carbocycles. The number of benzene rings is 2. The summed E-state index contributed by atoms with van der Waals surface area (Å²) in [7, 11) is 1.34. The number of alkyl halides is 3. The molecule has 1 saturated heterocycles. The molecule has 11 heteroatoms. The van der Waals surface area contributed by atoms with E-state index in [1.54, 1.807) is 18.2 Å². The van der Waals surface area contributed by atoms with Crippen LogP contribution in [0.5, 0.6) is 0 Å². The highest BCUT2D eigenvalue weighted by Crippen LogP contribution is 2.33. The van der Waals surface area contributed by atoms with Crippen molar-refractivity contribution >= 4 is 23.3 Å². The molecule has 1 heterocycles. The number of esters is 1. The Kier molecular flexibility index (Phi) is 11.8. The first-order valence-corrected chi connectivity index (χ1v) is 14.0. The lowest BCUT2D eigenvalue weighted by molar-refractivity contribution is -0.161. The molecule has 3 rings (SSSR count). The molecule has 1 amide bonds. The molecule has 2 aromatic rings. The van der Waals surface area contributed by atoms with E-state index in [-0.39, 0.29) is 23.9 Å². The van der Waals surface area contributed by atoms with Gasteiger partial charge in [0.25, 0.3) is 0 Å². The van der Waals surface area contributed by atoms with Gasteiger partial charge in [0.2, 0.25) is 5.91 Å². The van der Waals surface area contributed by atoms with Crippen LogP contribution in [0.1, 0.15) is 45.2 Å². The number of carbonyl (C=O) groups excluding carboxylic acids is 2. The van der Waals surface area contributed by atoms with E-state index in [1.807, 2.05) is 45.0 Å². The number of morpholine rings is 1. The van der Waals surface area contributed by atoms with Gasteiger partial charge in [0.05, 0.1) is 26.3 Å². The van der Waals surface area contributed by atoms with Crippen molar-refractivity contribution in [1.82, 2.24) is 10.6 Å². The summed E-state index contributed by atoms with van der Waals surface area (Å²) < 4.78 is 52.2. The Morgan fingerprint density at radius 3 is 2.37 bits per heavy atom. The van der Waals surface area contributed by atoms with E-state index in [4.69, 9.17) is 9.47 Å². The van der Waals surface area contributed by atoms with Crippen molar-refractivity contribution in [3.63, 3.8) is 0 Å². The first kappa shape index (κ1) is 32.2. The average molecular weight is 579 g/mol. The van der Waals surface area contributed by atoms with Crippen LogP contribution < -0.4 is 20.9 Å². The molecule has 0 aliphatic carbocycles. The van der Waals surface area contributed by atoms with Gasteiger partial charge in [-0.15, -0.1) is 0 Å². The highest BCUT2D eigenvalue weighted by molar-refractivity contribution is 5.82. The molecule has 1 aliphatic rings. The van der Waals surface area contributed by atoms with Gasteiger partial charge in [0.15, 0.2) is 6.10 Å². The quantitative estimate of drug-likeness (QED) is 0.298. The zero-order valence-electron chi connectivity index (χ0n) is 24.0. The molecule has 1 fully saturated rings. The second kappa shape index (κ2) is 15.1. The van der Waals surface area contributed by atoms with Crippen LogP contribution in [0, 0.1) is 5.92 Å². The molecule has 0 radical (unpaired) electrons. The van der Waals surface area contributed by atoms with Crippen LogP contribution in [-0.2, 0) is 19.1 Å². The summed E-state index contributed by atoms with van der Waals surface area (Å²) in [5.74, 6) is -0.852. The van der Waals surface area contributed by atoms with Gasteiger partial charge in [-0.05, 0) is 48.6 Å². The summed E-state index contributed by atoms with van der Waals surface area (Å²) in [5.41, 5.74) is 1.84. The van der Waals surface area contributed by atoms with E-state index >= 15 is 0 Å². The third-order valence-electron chi connectivity index (χ3n) is 7.01. The predicted octanol–water partition coefficient (Wildman–Crippen LogP) is 4.68. The Bertz CT molecular complexity index is 1100. The van der Waals surface area contributed by atoms with Crippen LogP contribution in [0.4, 0.5) is 24.5 Å². The van der Waals surface area contributed by atoms with E-state index in [0.717, 1.165) is 11.4 Å². The number of hydrogen-bond donors (Lipinski definition) is 3. The number of anilines is 2. The second-order valence-corrected chi connectivity index (χ2v) is 10.6. The summed E-state index contributed by atoms with van der Waals surface area (Å²) in [6, 6.07) is 12.0. The lowest BCUT2D eigenvalue weighted by atomic mass is 9.99. The van der Waals surface area contributed by atoms with E-state index in [2.05, 4.69) is 20.9 Å². The van der Waals surface area contributed by atoms with Crippen LogP contribution in [0.25, 0.3) is 0 Å². The maximum atomic E-state index is 14.0. The van der Waals surface area contributed by atoms with Gasteiger partial charge in [-0.25, -0.2) is 4.79 Å². The Balaban J connectivity index is 1.61. The maximum absolute atomic E-state index is 14.0. The molecular weight excluding hydrogens is 537 g/mol. The molecule has 226 valence electrons. The SMILES string of the molecule is CC[C@@H](CNc1ccc(N2CCO[C@@H](C(=O)OC)C2)cc1)NC(=O)[C@H](CC(C)C)N[C@@H](c1ccccc1)C(F)(F)F.